The highest BCUT2D eigenvalue weighted by atomic mass is 35.5. The molecule has 0 aromatic carbocycles. The maximum Gasteiger partial charge on any atom is 0.221 e. The van der Waals surface area contributed by atoms with Crippen molar-refractivity contribution in [2.75, 3.05) is 6.61 Å². The predicted octanol–water partition coefficient (Wildman–Crippen LogP) is 2.52. The number of ketones is 3. The van der Waals surface area contributed by atoms with Crippen LogP contribution in [0.2, 0.25) is 0 Å². The van der Waals surface area contributed by atoms with Gasteiger partial charge in [0.05, 0.1) is 4.87 Å². The zero-order chi connectivity index (χ0) is 20.7. The van der Waals surface area contributed by atoms with Crippen molar-refractivity contribution in [2.24, 2.45) is 22.7 Å². The van der Waals surface area contributed by atoms with E-state index >= 15 is 0 Å². The second-order valence-corrected chi connectivity index (χ2v) is 10.3. The monoisotopic (exact) mass is 406 g/mol. The molecule has 0 unspecified atom stereocenters. The van der Waals surface area contributed by atoms with Gasteiger partial charge in [-0.05, 0) is 55.6 Å². The van der Waals surface area contributed by atoms with Gasteiger partial charge < -0.3 is 10.2 Å². The molecule has 0 aliphatic heterocycles. The minimum atomic E-state index is -1.75. The van der Waals surface area contributed by atoms with Crippen molar-refractivity contribution in [1.29, 1.82) is 0 Å². The van der Waals surface area contributed by atoms with Crippen LogP contribution in [0.5, 0.6) is 0 Å². The third-order valence-electron chi connectivity index (χ3n) is 8.70. The number of rotatable bonds is 2. The van der Waals surface area contributed by atoms with Crippen molar-refractivity contribution in [1.82, 2.24) is 0 Å². The molecule has 3 fully saturated rings. The van der Waals surface area contributed by atoms with Crippen LogP contribution >= 0.6 is 11.6 Å². The van der Waals surface area contributed by atoms with Gasteiger partial charge >= 0.3 is 0 Å². The number of halogens is 1. The lowest BCUT2D eigenvalue weighted by atomic mass is 9.45. The highest BCUT2D eigenvalue weighted by Crippen LogP contribution is 2.71. The summed E-state index contributed by atoms with van der Waals surface area (Å²) in [7, 11) is 0. The number of carbonyl (C=O) groups is 3. The van der Waals surface area contributed by atoms with Gasteiger partial charge in [0.2, 0.25) is 11.6 Å². The number of aliphatic hydroxyl groups excluding tert-OH is 1. The Kier molecular flexibility index (Phi) is 4.19. The lowest BCUT2D eigenvalue weighted by Gasteiger charge is -2.62. The Morgan fingerprint density at radius 1 is 1.29 bits per heavy atom. The van der Waals surface area contributed by atoms with E-state index in [0.29, 0.717) is 31.3 Å². The molecule has 0 heterocycles. The molecule has 3 saturated carbocycles. The molecule has 0 radical (unpaired) electrons. The standard InChI is InChI=1S/C22H27ClO5/c1-12-8-15-14-5-4-13-9-16(25)17(26)10-20(13,3)21(14,23)7-6-19(15,2)22(12,28)18(27)11-24/h9,14-15,24,28H,1,4-8,10-11H2,2-3H3/t14-,15-,19-,20-,21+,22-/m0/s1. The largest absolute Gasteiger partial charge is 0.388 e. The van der Waals surface area contributed by atoms with Gasteiger partial charge in [0.15, 0.2) is 11.4 Å². The van der Waals surface area contributed by atoms with E-state index in [2.05, 4.69) is 6.58 Å². The molecule has 4 aliphatic rings. The lowest BCUT2D eigenvalue weighted by Crippen LogP contribution is -2.64. The molecule has 6 heteroatoms. The fourth-order valence-corrected chi connectivity index (χ4v) is 7.49. The van der Waals surface area contributed by atoms with E-state index in [1.807, 2.05) is 13.8 Å². The molecule has 4 aliphatic carbocycles. The van der Waals surface area contributed by atoms with E-state index in [4.69, 9.17) is 11.6 Å². The topological polar surface area (TPSA) is 91.7 Å². The Bertz CT molecular complexity index is 846. The SMILES string of the molecule is C=C1C[C@H]2[C@@H]3CCC4=CC(=O)C(=O)C[C@]4(C)[C@@]3(Cl)CC[C@]2(C)[C@@]1(O)C(=O)CO. The molecular weight excluding hydrogens is 380 g/mol. The zero-order valence-corrected chi connectivity index (χ0v) is 17.1. The van der Waals surface area contributed by atoms with Gasteiger partial charge in [-0.25, -0.2) is 0 Å². The van der Waals surface area contributed by atoms with E-state index in [9.17, 15) is 24.6 Å². The van der Waals surface area contributed by atoms with Gasteiger partial charge in [-0.15, -0.1) is 11.6 Å². The molecule has 6 atom stereocenters. The van der Waals surface area contributed by atoms with E-state index < -0.39 is 45.3 Å². The fraction of sp³-hybridized carbons (Fsp3) is 0.682. The minimum absolute atomic E-state index is 0.0201. The lowest BCUT2D eigenvalue weighted by molar-refractivity contribution is -0.157. The summed E-state index contributed by atoms with van der Waals surface area (Å²) in [5.74, 6) is -1.54. The molecule has 0 saturated heterocycles. The van der Waals surface area contributed by atoms with Gasteiger partial charge in [-0.1, -0.05) is 26.0 Å². The number of allylic oxidation sites excluding steroid dienone is 1. The summed E-state index contributed by atoms with van der Waals surface area (Å²) in [4.78, 5) is 36.0. The highest BCUT2D eigenvalue weighted by molar-refractivity contribution is 6.43. The summed E-state index contributed by atoms with van der Waals surface area (Å²) >= 11 is 7.34. The van der Waals surface area contributed by atoms with Crippen molar-refractivity contribution in [3.63, 3.8) is 0 Å². The Morgan fingerprint density at radius 2 is 1.96 bits per heavy atom. The molecule has 28 heavy (non-hydrogen) atoms. The van der Waals surface area contributed by atoms with E-state index in [1.165, 1.54) is 6.08 Å². The summed E-state index contributed by atoms with van der Waals surface area (Å²) in [6.07, 6.45) is 4.50. The number of fused-ring (bicyclic) bond motifs is 5. The molecule has 0 spiro atoms. The second-order valence-electron chi connectivity index (χ2n) is 9.60. The van der Waals surface area contributed by atoms with Gasteiger partial charge in [-0.3, -0.25) is 14.4 Å². The average molecular weight is 407 g/mol. The summed E-state index contributed by atoms with van der Waals surface area (Å²) < 4.78 is 0. The molecule has 0 aromatic heterocycles. The molecule has 2 N–H and O–H groups in total. The van der Waals surface area contributed by atoms with Crippen LogP contribution in [-0.4, -0.2) is 44.6 Å². The molecule has 0 aromatic rings. The summed E-state index contributed by atoms with van der Waals surface area (Å²) in [5.41, 5.74) is -1.71. The van der Waals surface area contributed by atoms with Gasteiger partial charge in [-0.2, -0.15) is 0 Å². The third-order valence-corrected chi connectivity index (χ3v) is 9.58. The number of Topliss-reactive ketones (excluding diaryl/α,β-unsaturated/α-hetero) is 2. The van der Waals surface area contributed by atoms with Crippen LogP contribution in [0.4, 0.5) is 0 Å². The number of aliphatic hydroxyl groups is 2. The van der Waals surface area contributed by atoms with Crippen LogP contribution in [0.3, 0.4) is 0 Å². The quantitative estimate of drug-likeness (QED) is 0.417. The van der Waals surface area contributed by atoms with Crippen LogP contribution < -0.4 is 0 Å². The first-order chi connectivity index (χ1) is 13.0. The molecule has 5 nitrogen and oxygen atoms in total. The molecule has 0 amide bonds. The van der Waals surface area contributed by atoms with Crippen LogP contribution in [0.15, 0.2) is 23.8 Å². The van der Waals surface area contributed by atoms with Crippen LogP contribution in [0.25, 0.3) is 0 Å². The van der Waals surface area contributed by atoms with Crippen molar-refractivity contribution >= 4 is 29.0 Å². The molecule has 152 valence electrons. The Hall–Kier alpha value is -1.30. The fourth-order valence-electron chi connectivity index (χ4n) is 6.95. The number of carbonyl (C=O) groups excluding carboxylic acids is 3. The predicted molar refractivity (Wildman–Crippen MR) is 104 cm³/mol. The Labute approximate surface area is 169 Å². The smallest absolute Gasteiger partial charge is 0.221 e. The van der Waals surface area contributed by atoms with Crippen LogP contribution in [0.1, 0.15) is 52.4 Å². The summed E-state index contributed by atoms with van der Waals surface area (Å²) in [6, 6.07) is 0. The van der Waals surface area contributed by atoms with Crippen LogP contribution in [-0.2, 0) is 14.4 Å². The zero-order valence-electron chi connectivity index (χ0n) is 16.4. The first-order valence-corrected chi connectivity index (χ1v) is 10.4. The molecule has 0 bridgehead atoms. The van der Waals surface area contributed by atoms with Crippen molar-refractivity contribution < 1.29 is 24.6 Å². The highest BCUT2D eigenvalue weighted by Gasteiger charge is 2.71. The maximum absolute atomic E-state index is 12.5. The minimum Gasteiger partial charge on any atom is -0.388 e. The van der Waals surface area contributed by atoms with E-state index in [1.54, 1.807) is 0 Å². The van der Waals surface area contributed by atoms with Gasteiger partial charge in [0, 0.05) is 17.3 Å². The normalized spacial score (nSPS) is 47.9. The number of hydrogen-bond acceptors (Lipinski definition) is 5. The summed E-state index contributed by atoms with van der Waals surface area (Å²) in [5, 5.41) is 20.8. The van der Waals surface area contributed by atoms with Gasteiger partial charge in [0.1, 0.15) is 6.61 Å². The number of hydrogen-bond donors (Lipinski definition) is 2. The second kappa shape index (κ2) is 5.87. The molecular formula is C22H27ClO5. The van der Waals surface area contributed by atoms with Gasteiger partial charge in [0.25, 0.3) is 0 Å². The average Bonchev–Trinajstić information content (AvgIpc) is 2.85. The Morgan fingerprint density at radius 3 is 2.61 bits per heavy atom. The van der Waals surface area contributed by atoms with E-state index in [0.717, 1.165) is 12.0 Å². The van der Waals surface area contributed by atoms with Crippen molar-refractivity contribution in [2.45, 2.75) is 62.8 Å². The first-order valence-electron chi connectivity index (χ1n) is 9.97. The third kappa shape index (κ3) is 2.08. The first kappa shape index (κ1) is 20.0. The summed E-state index contributed by atoms with van der Waals surface area (Å²) in [6.45, 7) is 7.16. The van der Waals surface area contributed by atoms with Crippen molar-refractivity contribution in [3.8, 4) is 0 Å². The van der Waals surface area contributed by atoms with Crippen LogP contribution in [0, 0.1) is 22.7 Å². The number of alkyl halides is 1. The maximum atomic E-state index is 12.5. The Balaban J connectivity index is 1.80. The van der Waals surface area contributed by atoms with E-state index in [-0.39, 0.29) is 18.3 Å². The molecule has 4 rings (SSSR count). The van der Waals surface area contributed by atoms with Crippen molar-refractivity contribution in [3.05, 3.63) is 23.8 Å².